The van der Waals surface area contributed by atoms with Gasteiger partial charge < -0.3 is 15.2 Å². The van der Waals surface area contributed by atoms with Crippen molar-refractivity contribution in [3.05, 3.63) is 95.7 Å². The molecule has 5 nitrogen and oxygen atoms in total. The Labute approximate surface area is 182 Å². The van der Waals surface area contributed by atoms with Gasteiger partial charge in [0.1, 0.15) is 0 Å². The Morgan fingerprint density at radius 3 is 2.58 bits per heavy atom. The van der Waals surface area contributed by atoms with E-state index in [0.717, 1.165) is 48.3 Å². The van der Waals surface area contributed by atoms with Crippen LogP contribution in [-0.2, 0) is 26.6 Å². The first kappa shape index (κ1) is 19.4. The topological polar surface area (TPSA) is 49.3 Å². The smallest absolute Gasteiger partial charge is 0.323 e. The van der Waals surface area contributed by atoms with Crippen LogP contribution < -0.4 is 10.6 Å². The molecule has 0 aliphatic carbocycles. The predicted octanol–water partition coefficient (Wildman–Crippen LogP) is 5.38. The Bertz CT molecular complexity index is 1240. The molecule has 2 amide bonds. The van der Waals surface area contributed by atoms with Crippen LogP contribution in [0.1, 0.15) is 16.7 Å². The van der Waals surface area contributed by atoms with Gasteiger partial charge in [-0.2, -0.15) is 0 Å². The minimum Gasteiger partial charge on any atom is -0.351 e. The van der Waals surface area contributed by atoms with E-state index < -0.39 is 0 Å². The molecule has 0 spiro atoms. The first-order chi connectivity index (χ1) is 15.1. The SMILES string of the molecule is Cn1ccc2cc(NC(=O)Nc3cccc(CN4CCc5ccccc5C4)c3)ccc21. The molecule has 4 aromatic rings. The number of amides is 2. The van der Waals surface area contributed by atoms with E-state index in [0.29, 0.717) is 0 Å². The Hall–Kier alpha value is -3.57. The van der Waals surface area contributed by atoms with Crippen molar-refractivity contribution in [1.82, 2.24) is 9.47 Å². The Balaban J connectivity index is 1.22. The molecule has 0 bridgehead atoms. The molecule has 2 N–H and O–H groups in total. The molecular formula is C26H26N4O. The van der Waals surface area contributed by atoms with Crippen LogP contribution in [0.25, 0.3) is 10.9 Å². The maximum Gasteiger partial charge on any atom is 0.323 e. The lowest BCUT2D eigenvalue weighted by Gasteiger charge is -2.28. The number of nitrogens with one attached hydrogen (secondary N) is 2. The Morgan fingerprint density at radius 1 is 0.903 bits per heavy atom. The van der Waals surface area contributed by atoms with Crippen molar-refractivity contribution in [3.8, 4) is 0 Å². The van der Waals surface area contributed by atoms with Crippen LogP contribution in [0.4, 0.5) is 16.2 Å². The highest BCUT2D eigenvalue weighted by atomic mass is 16.2. The summed E-state index contributed by atoms with van der Waals surface area (Å²) in [5, 5.41) is 7.00. The van der Waals surface area contributed by atoms with Crippen LogP contribution >= 0.6 is 0 Å². The molecule has 5 heteroatoms. The third-order valence-corrected chi connectivity index (χ3v) is 5.94. The third-order valence-electron chi connectivity index (χ3n) is 5.94. The van der Waals surface area contributed by atoms with Gasteiger partial charge in [0.25, 0.3) is 0 Å². The zero-order chi connectivity index (χ0) is 21.2. The summed E-state index contributed by atoms with van der Waals surface area (Å²) in [6.45, 7) is 2.89. The van der Waals surface area contributed by atoms with E-state index in [1.807, 2.05) is 49.6 Å². The number of urea groups is 1. The molecule has 5 rings (SSSR count). The number of aryl methyl sites for hydroxylation is 1. The lowest BCUT2D eigenvalue weighted by molar-refractivity contribution is 0.245. The number of hydrogen-bond acceptors (Lipinski definition) is 2. The van der Waals surface area contributed by atoms with Crippen LogP contribution in [0.2, 0.25) is 0 Å². The summed E-state index contributed by atoms with van der Waals surface area (Å²) in [6.07, 6.45) is 3.10. The van der Waals surface area contributed by atoms with Gasteiger partial charge in [-0.05, 0) is 59.5 Å². The fourth-order valence-electron chi connectivity index (χ4n) is 4.35. The first-order valence-corrected chi connectivity index (χ1v) is 10.7. The number of aromatic nitrogens is 1. The number of rotatable bonds is 4. The molecule has 0 saturated carbocycles. The van der Waals surface area contributed by atoms with Gasteiger partial charge in [0.05, 0.1) is 0 Å². The number of carbonyl (C=O) groups is 1. The summed E-state index contributed by atoms with van der Waals surface area (Å²) in [4.78, 5) is 15.0. The molecule has 1 aromatic heterocycles. The molecule has 0 unspecified atom stereocenters. The summed E-state index contributed by atoms with van der Waals surface area (Å²) in [6, 6.07) is 24.5. The number of fused-ring (bicyclic) bond motifs is 2. The van der Waals surface area contributed by atoms with E-state index in [1.54, 1.807) is 0 Å². The molecule has 0 fully saturated rings. The molecule has 1 aliphatic heterocycles. The van der Waals surface area contributed by atoms with Gasteiger partial charge in [-0.25, -0.2) is 4.79 Å². The molecule has 2 heterocycles. The molecule has 156 valence electrons. The van der Waals surface area contributed by atoms with Crippen molar-refractivity contribution in [3.63, 3.8) is 0 Å². The lowest BCUT2D eigenvalue weighted by atomic mass is 9.99. The van der Waals surface area contributed by atoms with E-state index in [9.17, 15) is 4.79 Å². The molecule has 3 aromatic carbocycles. The molecule has 0 radical (unpaired) electrons. The zero-order valence-corrected chi connectivity index (χ0v) is 17.6. The maximum atomic E-state index is 12.5. The van der Waals surface area contributed by atoms with Crippen molar-refractivity contribution < 1.29 is 4.79 Å². The van der Waals surface area contributed by atoms with Gasteiger partial charge >= 0.3 is 6.03 Å². The van der Waals surface area contributed by atoms with Crippen LogP contribution in [0.3, 0.4) is 0 Å². The number of hydrogen-bond donors (Lipinski definition) is 2. The summed E-state index contributed by atoms with van der Waals surface area (Å²) in [5.74, 6) is 0. The van der Waals surface area contributed by atoms with E-state index in [-0.39, 0.29) is 6.03 Å². The van der Waals surface area contributed by atoms with Crippen molar-refractivity contribution in [2.45, 2.75) is 19.5 Å². The highest BCUT2D eigenvalue weighted by molar-refractivity contribution is 6.01. The molecular weight excluding hydrogens is 384 g/mol. The van der Waals surface area contributed by atoms with Gasteiger partial charge in [0.2, 0.25) is 0 Å². The van der Waals surface area contributed by atoms with Gasteiger partial charge in [-0.15, -0.1) is 0 Å². The summed E-state index contributed by atoms with van der Waals surface area (Å²) in [5.41, 5.74) is 6.78. The second kappa shape index (κ2) is 8.28. The van der Waals surface area contributed by atoms with Gasteiger partial charge in [0, 0.05) is 55.2 Å². The van der Waals surface area contributed by atoms with E-state index in [1.165, 1.54) is 16.7 Å². The number of nitrogens with zero attached hydrogens (tertiary/aromatic N) is 2. The lowest BCUT2D eigenvalue weighted by Crippen LogP contribution is -2.30. The number of anilines is 2. The normalized spacial score (nSPS) is 13.7. The largest absolute Gasteiger partial charge is 0.351 e. The average molecular weight is 411 g/mol. The van der Waals surface area contributed by atoms with E-state index in [2.05, 4.69) is 56.5 Å². The van der Waals surface area contributed by atoms with Crippen LogP contribution in [0, 0.1) is 0 Å². The molecule has 1 aliphatic rings. The summed E-state index contributed by atoms with van der Waals surface area (Å²) in [7, 11) is 2.01. The second-order valence-corrected chi connectivity index (χ2v) is 8.21. The van der Waals surface area contributed by atoms with Crippen molar-refractivity contribution in [1.29, 1.82) is 0 Å². The van der Waals surface area contributed by atoms with Gasteiger partial charge in [-0.1, -0.05) is 36.4 Å². The Kier molecular flexibility index (Phi) is 5.18. The second-order valence-electron chi connectivity index (χ2n) is 8.21. The van der Waals surface area contributed by atoms with E-state index in [4.69, 9.17) is 0 Å². The molecule has 0 atom stereocenters. The molecule has 31 heavy (non-hydrogen) atoms. The maximum absolute atomic E-state index is 12.5. The monoisotopic (exact) mass is 410 g/mol. The number of carbonyl (C=O) groups excluding carboxylic acids is 1. The van der Waals surface area contributed by atoms with Crippen molar-refractivity contribution >= 4 is 28.3 Å². The van der Waals surface area contributed by atoms with Crippen LogP contribution in [-0.4, -0.2) is 22.0 Å². The Morgan fingerprint density at radius 2 is 1.71 bits per heavy atom. The fraction of sp³-hybridized carbons (Fsp3) is 0.192. The van der Waals surface area contributed by atoms with Crippen LogP contribution in [0.5, 0.6) is 0 Å². The predicted molar refractivity (Wildman–Crippen MR) is 126 cm³/mol. The minimum absolute atomic E-state index is 0.237. The third kappa shape index (κ3) is 4.32. The van der Waals surface area contributed by atoms with Gasteiger partial charge in [-0.3, -0.25) is 4.90 Å². The van der Waals surface area contributed by atoms with E-state index >= 15 is 0 Å². The zero-order valence-electron chi connectivity index (χ0n) is 17.6. The summed E-state index contributed by atoms with van der Waals surface area (Å²) < 4.78 is 2.06. The van der Waals surface area contributed by atoms with Gasteiger partial charge in [0.15, 0.2) is 0 Å². The standard InChI is InChI=1S/C26H26N4O/c1-29-13-11-21-16-24(9-10-25(21)29)28-26(31)27-23-8-4-5-19(15-23)17-30-14-12-20-6-2-3-7-22(20)18-30/h2-11,13,15-16H,12,14,17-18H2,1H3,(H2,27,28,31). The van der Waals surface area contributed by atoms with Crippen LogP contribution in [0.15, 0.2) is 79.0 Å². The average Bonchev–Trinajstić information content (AvgIpc) is 3.14. The quantitative estimate of drug-likeness (QED) is 0.474. The highest BCUT2D eigenvalue weighted by Gasteiger charge is 2.16. The van der Waals surface area contributed by atoms with Crippen molar-refractivity contribution in [2.75, 3.05) is 17.2 Å². The first-order valence-electron chi connectivity index (χ1n) is 10.7. The fourth-order valence-corrected chi connectivity index (χ4v) is 4.35. The molecule has 0 saturated heterocycles. The minimum atomic E-state index is -0.237. The number of benzene rings is 3. The van der Waals surface area contributed by atoms with Crippen molar-refractivity contribution in [2.24, 2.45) is 7.05 Å². The highest BCUT2D eigenvalue weighted by Crippen LogP contribution is 2.22. The summed E-state index contributed by atoms with van der Waals surface area (Å²) >= 11 is 0.